The largest absolute Gasteiger partial charge is 0.0776 e. The van der Waals surface area contributed by atoms with Crippen LogP contribution in [0.5, 0.6) is 0 Å². The van der Waals surface area contributed by atoms with Crippen molar-refractivity contribution in [3.05, 3.63) is 35.4 Å². The van der Waals surface area contributed by atoms with Crippen molar-refractivity contribution in [2.24, 2.45) is 0 Å². The van der Waals surface area contributed by atoms with Gasteiger partial charge in [0, 0.05) is 0 Å². The topological polar surface area (TPSA) is 0 Å². The van der Waals surface area contributed by atoms with E-state index in [0.29, 0.717) is 0 Å². The van der Waals surface area contributed by atoms with Gasteiger partial charge in [-0.2, -0.15) is 0 Å². The zero-order valence-corrected chi connectivity index (χ0v) is 13.4. The summed E-state index contributed by atoms with van der Waals surface area (Å²) in [5, 5.41) is 0. The maximum Gasteiger partial charge on any atom is -0.0279 e. The van der Waals surface area contributed by atoms with E-state index in [0.717, 1.165) is 6.42 Å². The second kappa shape index (κ2) is 25.2. The number of aryl methyl sites for hydroxylation is 2. The molecule has 0 saturated carbocycles. The number of benzene rings is 1. The molecule has 110 valence electrons. The van der Waals surface area contributed by atoms with Crippen LogP contribution in [-0.4, -0.2) is 0 Å². The molecule has 0 aliphatic heterocycles. The van der Waals surface area contributed by atoms with Crippen LogP contribution >= 0.6 is 0 Å². The molecule has 0 radical (unpaired) electrons. The predicted octanol–water partition coefficient (Wildman–Crippen LogP) is 6.92. The van der Waals surface area contributed by atoms with E-state index in [9.17, 15) is 0 Å². The molecule has 0 heterocycles. The Hall–Kier alpha value is -0.780. The van der Waals surface area contributed by atoms with E-state index in [1.54, 1.807) is 0 Å². The molecule has 0 nitrogen and oxygen atoms in total. The summed E-state index contributed by atoms with van der Waals surface area (Å²) in [4.78, 5) is 0. The van der Waals surface area contributed by atoms with Crippen LogP contribution in [0.15, 0.2) is 24.3 Å². The van der Waals surface area contributed by atoms with Crippen molar-refractivity contribution in [3.63, 3.8) is 0 Å². The monoisotopic (exact) mass is 254 g/mol. The fourth-order valence-corrected chi connectivity index (χ4v) is 1.42. The first-order valence-electron chi connectivity index (χ1n) is 7.45. The molecule has 0 unspecified atom stereocenters. The summed E-state index contributed by atoms with van der Waals surface area (Å²) in [6, 6.07) is 8.72. The van der Waals surface area contributed by atoms with Gasteiger partial charge in [0.25, 0.3) is 0 Å². The summed E-state index contributed by atoms with van der Waals surface area (Å²) in [6.45, 7) is 16.4. The standard InChI is InChI=1S/C11H16.3C2H6.CH4/c1-3-7-11-9-6-5-8-10(11)4-2;3*1-2;/h5-6,8-9H,3-4,7H2,1-2H3;3*1-2H3;1H4. The van der Waals surface area contributed by atoms with Gasteiger partial charge in [0.05, 0.1) is 0 Å². The van der Waals surface area contributed by atoms with Crippen LogP contribution in [0.4, 0.5) is 0 Å². The Morgan fingerprint density at radius 1 is 0.722 bits per heavy atom. The van der Waals surface area contributed by atoms with Gasteiger partial charge in [-0.15, -0.1) is 0 Å². The molecule has 0 heteroatoms. The molecular weight excluding hydrogens is 216 g/mol. The third-order valence-electron chi connectivity index (χ3n) is 2.02. The fourth-order valence-electron chi connectivity index (χ4n) is 1.42. The van der Waals surface area contributed by atoms with E-state index in [1.165, 1.54) is 24.0 Å². The summed E-state index contributed by atoms with van der Waals surface area (Å²) in [6.07, 6.45) is 3.64. The first-order valence-corrected chi connectivity index (χ1v) is 7.45. The van der Waals surface area contributed by atoms with Crippen LogP contribution in [0.3, 0.4) is 0 Å². The van der Waals surface area contributed by atoms with Crippen LogP contribution in [0.25, 0.3) is 0 Å². The van der Waals surface area contributed by atoms with Crippen molar-refractivity contribution in [2.45, 2.75) is 82.1 Å². The van der Waals surface area contributed by atoms with E-state index < -0.39 is 0 Å². The van der Waals surface area contributed by atoms with Gasteiger partial charge in [0.1, 0.15) is 0 Å². The Bertz CT molecular complexity index is 213. The molecule has 0 aliphatic rings. The summed E-state index contributed by atoms with van der Waals surface area (Å²) in [5.74, 6) is 0. The first kappa shape index (κ1) is 25.9. The minimum absolute atomic E-state index is 0. The highest BCUT2D eigenvalue weighted by atomic mass is 14.0. The van der Waals surface area contributed by atoms with Crippen LogP contribution in [0, 0.1) is 0 Å². The molecule has 0 aliphatic carbocycles. The van der Waals surface area contributed by atoms with Crippen molar-refractivity contribution in [2.75, 3.05) is 0 Å². The lowest BCUT2D eigenvalue weighted by Crippen LogP contribution is -1.90. The summed E-state index contributed by atoms with van der Waals surface area (Å²) in [5.41, 5.74) is 3.03. The minimum atomic E-state index is 0. The summed E-state index contributed by atoms with van der Waals surface area (Å²) in [7, 11) is 0. The lowest BCUT2D eigenvalue weighted by molar-refractivity contribution is 0.899. The number of hydrogen-bond acceptors (Lipinski definition) is 0. The Morgan fingerprint density at radius 3 is 1.44 bits per heavy atom. The second-order valence-electron chi connectivity index (χ2n) is 2.87. The maximum absolute atomic E-state index is 2.24. The zero-order chi connectivity index (χ0) is 14.1. The van der Waals surface area contributed by atoms with Gasteiger partial charge in [0.15, 0.2) is 0 Å². The lowest BCUT2D eigenvalue weighted by atomic mass is 10.0. The van der Waals surface area contributed by atoms with Crippen LogP contribution in [0.1, 0.15) is 80.4 Å². The van der Waals surface area contributed by atoms with E-state index in [-0.39, 0.29) is 7.43 Å². The van der Waals surface area contributed by atoms with Crippen molar-refractivity contribution >= 4 is 0 Å². The van der Waals surface area contributed by atoms with Gasteiger partial charge in [0.2, 0.25) is 0 Å². The molecule has 1 aromatic carbocycles. The van der Waals surface area contributed by atoms with E-state index in [2.05, 4.69) is 38.1 Å². The highest BCUT2D eigenvalue weighted by molar-refractivity contribution is 5.26. The third-order valence-corrected chi connectivity index (χ3v) is 2.02. The van der Waals surface area contributed by atoms with Crippen molar-refractivity contribution in [1.29, 1.82) is 0 Å². The molecule has 0 fully saturated rings. The van der Waals surface area contributed by atoms with Gasteiger partial charge in [-0.1, -0.05) is 93.5 Å². The van der Waals surface area contributed by atoms with Gasteiger partial charge in [-0.25, -0.2) is 0 Å². The summed E-state index contributed by atoms with van der Waals surface area (Å²) < 4.78 is 0. The van der Waals surface area contributed by atoms with Crippen molar-refractivity contribution in [1.82, 2.24) is 0 Å². The normalized spacial score (nSPS) is 7.11. The SMILES string of the molecule is C.CC.CC.CC.CCCc1ccccc1CC. The highest BCUT2D eigenvalue weighted by Gasteiger charge is 1.96. The second-order valence-corrected chi connectivity index (χ2v) is 2.87. The fraction of sp³-hybridized carbons (Fsp3) is 0.667. The van der Waals surface area contributed by atoms with E-state index >= 15 is 0 Å². The lowest BCUT2D eigenvalue weighted by Gasteiger charge is -2.04. The van der Waals surface area contributed by atoms with Crippen molar-refractivity contribution in [3.8, 4) is 0 Å². The molecule has 18 heavy (non-hydrogen) atoms. The average molecular weight is 255 g/mol. The van der Waals surface area contributed by atoms with E-state index in [1.807, 2.05) is 41.5 Å². The molecule has 0 bridgehead atoms. The van der Waals surface area contributed by atoms with Crippen molar-refractivity contribution < 1.29 is 0 Å². The molecule has 1 aromatic rings. The first-order chi connectivity index (χ1) is 8.38. The van der Waals surface area contributed by atoms with Crippen LogP contribution < -0.4 is 0 Å². The third kappa shape index (κ3) is 13.3. The minimum Gasteiger partial charge on any atom is -0.0776 e. The maximum atomic E-state index is 2.24. The smallest absolute Gasteiger partial charge is 0.0279 e. The van der Waals surface area contributed by atoms with Crippen LogP contribution in [0.2, 0.25) is 0 Å². The van der Waals surface area contributed by atoms with Gasteiger partial charge in [-0.05, 0) is 24.0 Å². The molecule has 0 atom stereocenters. The van der Waals surface area contributed by atoms with Gasteiger partial charge in [-0.3, -0.25) is 0 Å². The quantitative estimate of drug-likeness (QED) is 0.549. The molecule has 0 amide bonds. The summed E-state index contributed by atoms with van der Waals surface area (Å²) >= 11 is 0. The van der Waals surface area contributed by atoms with Crippen LogP contribution in [-0.2, 0) is 12.8 Å². The Morgan fingerprint density at radius 2 is 1.11 bits per heavy atom. The average Bonchev–Trinajstić information content (AvgIpc) is 2.46. The van der Waals surface area contributed by atoms with Gasteiger partial charge < -0.3 is 0 Å². The molecule has 0 spiro atoms. The molecule has 0 aromatic heterocycles. The molecule has 0 N–H and O–H groups in total. The predicted molar refractivity (Wildman–Crippen MR) is 90.6 cm³/mol. The molecule has 1 rings (SSSR count). The Balaban J connectivity index is -0.000000123. The Labute approximate surface area is 118 Å². The molecule has 0 saturated heterocycles. The van der Waals surface area contributed by atoms with Gasteiger partial charge >= 0.3 is 0 Å². The zero-order valence-electron chi connectivity index (χ0n) is 13.4. The van der Waals surface area contributed by atoms with E-state index in [4.69, 9.17) is 0 Å². The molecular formula is C18H38. The number of hydrogen-bond donors (Lipinski definition) is 0. The number of rotatable bonds is 3. The Kier molecular flexibility index (Phi) is 36.2. The highest BCUT2D eigenvalue weighted by Crippen LogP contribution is 2.10.